The van der Waals surface area contributed by atoms with Gasteiger partial charge in [-0.1, -0.05) is 24.3 Å². The smallest absolute Gasteiger partial charge is 0.330 e. The number of nitrogens with zero attached hydrogens (tertiary/aromatic N) is 2. The largest absolute Gasteiger partial charge is 0.496 e. The maximum absolute atomic E-state index is 13.2. The minimum Gasteiger partial charge on any atom is -0.496 e. The van der Waals surface area contributed by atoms with Crippen molar-refractivity contribution in [3.05, 3.63) is 71.0 Å². The fourth-order valence-corrected chi connectivity index (χ4v) is 2.63. The van der Waals surface area contributed by atoms with Crippen molar-refractivity contribution in [1.29, 1.82) is 0 Å². The molecule has 1 aromatic heterocycles. The van der Waals surface area contributed by atoms with E-state index in [4.69, 9.17) is 19.1 Å². The zero-order valence-electron chi connectivity index (χ0n) is 15.4. The van der Waals surface area contributed by atoms with Crippen LogP contribution in [0.15, 0.2) is 53.2 Å². The Hall–Kier alpha value is -3.72. The summed E-state index contributed by atoms with van der Waals surface area (Å²) in [7, 11) is 4.08. The highest BCUT2D eigenvalue weighted by Gasteiger charge is 2.40. The molecule has 0 aliphatic heterocycles. The lowest BCUT2D eigenvalue weighted by atomic mass is 10.0. The first-order valence-electron chi connectivity index (χ1n) is 8.11. The van der Waals surface area contributed by atoms with E-state index in [0.29, 0.717) is 16.4 Å². The minimum atomic E-state index is -0.603. The van der Waals surface area contributed by atoms with Crippen LogP contribution in [0.2, 0.25) is 0 Å². The molecule has 9 nitrogen and oxygen atoms in total. The Labute approximate surface area is 159 Å². The van der Waals surface area contributed by atoms with E-state index in [1.54, 1.807) is 48.5 Å². The van der Waals surface area contributed by atoms with Crippen LogP contribution >= 0.6 is 0 Å². The number of aromatic nitrogens is 2. The third-order valence-corrected chi connectivity index (χ3v) is 3.89. The third-order valence-electron chi connectivity index (χ3n) is 3.89. The molecular weight excluding hydrogens is 368 g/mol. The van der Waals surface area contributed by atoms with Crippen LogP contribution < -0.4 is 19.4 Å². The molecule has 3 rings (SSSR count). The van der Waals surface area contributed by atoms with Crippen LogP contribution in [-0.2, 0) is 4.89 Å². The number of ketones is 2. The summed E-state index contributed by atoms with van der Waals surface area (Å²) >= 11 is 0. The molecule has 0 unspecified atom stereocenters. The summed E-state index contributed by atoms with van der Waals surface area (Å²) in [6.45, 7) is 0. The van der Waals surface area contributed by atoms with Crippen molar-refractivity contribution in [3.63, 3.8) is 0 Å². The number of hydrogen-bond donors (Lipinski definition) is 0. The van der Waals surface area contributed by atoms with Gasteiger partial charge in [0.05, 0.1) is 32.5 Å². The summed E-state index contributed by atoms with van der Waals surface area (Å²) in [4.78, 5) is 36.2. The fourth-order valence-electron chi connectivity index (χ4n) is 2.63. The molecule has 3 aromatic rings. The molecule has 144 valence electrons. The van der Waals surface area contributed by atoms with Crippen molar-refractivity contribution in [1.82, 2.24) is 5.16 Å². The van der Waals surface area contributed by atoms with Gasteiger partial charge in [0, 0.05) is 0 Å². The lowest BCUT2D eigenvalue weighted by Gasteiger charge is -2.06. The molecule has 28 heavy (non-hydrogen) atoms. The van der Waals surface area contributed by atoms with Crippen LogP contribution in [0.1, 0.15) is 32.1 Å². The number of rotatable bonds is 8. The van der Waals surface area contributed by atoms with E-state index < -0.39 is 11.6 Å². The van der Waals surface area contributed by atoms with E-state index in [1.807, 2.05) is 0 Å². The van der Waals surface area contributed by atoms with Crippen molar-refractivity contribution in [2.45, 2.75) is 0 Å². The van der Waals surface area contributed by atoms with Gasteiger partial charge in [-0.3, -0.25) is 9.59 Å². The second kappa shape index (κ2) is 8.31. The molecule has 9 heteroatoms. The van der Waals surface area contributed by atoms with Gasteiger partial charge >= 0.3 is 11.4 Å². The first-order valence-corrected chi connectivity index (χ1v) is 8.11. The van der Waals surface area contributed by atoms with Gasteiger partial charge < -0.3 is 9.47 Å². The maximum atomic E-state index is 13.2. The molecule has 0 saturated carbocycles. The van der Waals surface area contributed by atoms with E-state index in [9.17, 15) is 9.59 Å². The zero-order chi connectivity index (χ0) is 20.1. The maximum Gasteiger partial charge on any atom is 0.330 e. The van der Waals surface area contributed by atoms with Crippen molar-refractivity contribution in [2.24, 2.45) is 0 Å². The van der Waals surface area contributed by atoms with Crippen molar-refractivity contribution in [2.75, 3.05) is 21.3 Å². The highest BCUT2D eigenvalue weighted by Crippen LogP contribution is 2.24. The Morgan fingerprint density at radius 3 is 1.93 bits per heavy atom. The number of benzene rings is 2. The van der Waals surface area contributed by atoms with E-state index in [-0.39, 0.29) is 22.5 Å². The Balaban J connectivity index is 2.14. The van der Waals surface area contributed by atoms with Crippen LogP contribution in [0.5, 0.6) is 11.5 Å². The quantitative estimate of drug-likeness (QED) is 0.326. The van der Waals surface area contributed by atoms with E-state index in [1.165, 1.54) is 21.3 Å². The van der Waals surface area contributed by atoms with Crippen molar-refractivity contribution >= 4 is 11.6 Å². The number of carbonyl (C=O) groups excluding carboxylic acids is 2. The summed E-state index contributed by atoms with van der Waals surface area (Å²) in [5, 5.41) is 3.70. The minimum absolute atomic E-state index is 0.190. The van der Waals surface area contributed by atoms with Crippen molar-refractivity contribution in [3.8, 4) is 11.5 Å². The number of methoxy groups -OCH3 is 2. The number of hydrogen-bond acceptors (Lipinski definition) is 8. The molecule has 0 bridgehead atoms. The second-order valence-electron chi connectivity index (χ2n) is 5.43. The molecule has 2 aromatic carbocycles. The highest BCUT2D eigenvalue weighted by molar-refractivity contribution is 6.18. The van der Waals surface area contributed by atoms with Gasteiger partial charge in [0.2, 0.25) is 11.6 Å². The summed E-state index contributed by atoms with van der Waals surface area (Å²) < 4.78 is 15.4. The van der Waals surface area contributed by atoms with Crippen LogP contribution in [-0.4, -0.2) is 38.1 Å². The first-order chi connectivity index (χ1) is 13.6. The topological polar surface area (TPSA) is 101 Å². The van der Waals surface area contributed by atoms with E-state index in [2.05, 4.69) is 10.0 Å². The highest BCUT2D eigenvalue weighted by atomic mass is 17.3. The van der Waals surface area contributed by atoms with Gasteiger partial charge in [0.1, 0.15) is 11.5 Å². The average molecular weight is 385 g/mol. The van der Waals surface area contributed by atoms with Crippen LogP contribution in [0.25, 0.3) is 0 Å². The lowest BCUT2D eigenvalue weighted by Crippen LogP contribution is -2.46. The summed E-state index contributed by atoms with van der Waals surface area (Å²) in [5.74, 6) is -0.550. The molecule has 0 radical (unpaired) electrons. The molecule has 0 aliphatic carbocycles. The van der Waals surface area contributed by atoms with Gasteiger partial charge in [0.25, 0.3) is 0 Å². The lowest BCUT2D eigenvalue weighted by molar-refractivity contribution is -1.07. The predicted molar refractivity (Wildman–Crippen MR) is 93.1 cm³/mol. The summed E-state index contributed by atoms with van der Waals surface area (Å²) in [6, 6.07) is 13.1. The first kappa shape index (κ1) is 19.1. The standard InChI is InChI=1S/C19H17N2O7/c1-24-14-10-6-4-8-12(14)18(22)16-17(21(27-20-16)28-26-3)19(23)13-9-5-7-11-15(13)25-2/h4-11H,1-3H3/q+1. The Bertz CT molecular complexity index is 1010. The molecule has 0 spiro atoms. The Morgan fingerprint density at radius 1 is 0.857 bits per heavy atom. The number of para-hydroxylation sites is 2. The van der Waals surface area contributed by atoms with Gasteiger partial charge in [-0.2, -0.15) is 0 Å². The second-order valence-corrected chi connectivity index (χ2v) is 5.43. The van der Waals surface area contributed by atoms with Gasteiger partial charge in [-0.05, 0) is 28.9 Å². The fraction of sp³-hybridized carbons (Fsp3) is 0.158. The zero-order valence-corrected chi connectivity index (χ0v) is 15.4. The number of ether oxygens (including phenoxy) is 2. The average Bonchev–Trinajstić information content (AvgIpc) is 3.16. The SMILES string of the molecule is COO[n+]1onc(C(=O)c2ccccc2OC)c1C(=O)c1ccccc1OC. The summed E-state index contributed by atoms with van der Waals surface area (Å²) in [6.07, 6.45) is 0. The van der Waals surface area contributed by atoms with Crippen molar-refractivity contribution < 1.29 is 38.5 Å². The molecule has 0 fully saturated rings. The summed E-state index contributed by atoms with van der Waals surface area (Å²) in [5.41, 5.74) is -0.132. The Kier molecular flexibility index (Phi) is 5.66. The normalized spacial score (nSPS) is 10.4. The van der Waals surface area contributed by atoms with Gasteiger partial charge in [0.15, 0.2) is 10.1 Å². The van der Waals surface area contributed by atoms with Crippen LogP contribution in [0.4, 0.5) is 0 Å². The molecule has 0 atom stereocenters. The molecule has 0 saturated heterocycles. The van der Waals surface area contributed by atoms with Gasteiger partial charge in [-0.15, -0.1) is 9.88 Å². The molecule has 1 heterocycles. The van der Waals surface area contributed by atoms with Gasteiger partial charge in [-0.25, -0.2) is 0 Å². The predicted octanol–water partition coefficient (Wildman–Crippen LogP) is 1.43. The van der Waals surface area contributed by atoms with E-state index >= 15 is 0 Å². The van der Waals surface area contributed by atoms with E-state index in [0.717, 1.165) is 0 Å². The monoisotopic (exact) mass is 385 g/mol. The molecule has 0 amide bonds. The Morgan fingerprint density at radius 2 is 1.39 bits per heavy atom. The van der Waals surface area contributed by atoms with Crippen LogP contribution in [0, 0.1) is 0 Å². The third kappa shape index (κ3) is 3.42. The van der Waals surface area contributed by atoms with Crippen LogP contribution in [0.3, 0.4) is 0 Å². The molecule has 0 N–H and O–H groups in total. The molecular formula is C19H17N2O7+. The molecule has 0 aliphatic rings. The number of carbonyl (C=O) groups is 2.